The zero-order chi connectivity index (χ0) is 14.4. The van der Waals surface area contributed by atoms with E-state index in [1.54, 1.807) is 5.57 Å². The third-order valence-corrected chi connectivity index (χ3v) is 5.29. The van der Waals surface area contributed by atoms with Gasteiger partial charge in [-0.2, -0.15) is 0 Å². The van der Waals surface area contributed by atoms with E-state index in [0.717, 1.165) is 19.0 Å². The highest BCUT2D eigenvalue weighted by Crippen LogP contribution is 2.32. The molecule has 1 aliphatic rings. The van der Waals surface area contributed by atoms with Crippen molar-refractivity contribution in [3.05, 3.63) is 27.0 Å². The minimum absolute atomic E-state index is 0.813. The van der Waals surface area contributed by atoms with Crippen molar-refractivity contribution < 1.29 is 0 Å². The molecule has 0 unspecified atom stereocenters. The summed E-state index contributed by atoms with van der Waals surface area (Å²) >= 11 is 1.92. The lowest BCUT2D eigenvalue weighted by Gasteiger charge is -2.25. The maximum absolute atomic E-state index is 3.61. The number of hydrogen-bond donors (Lipinski definition) is 1. The Morgan fingerprint density at radius 1 is 1.30 bits per heavy atom. The lowest BCUT2D eigenvalue weighted by Crippen LogP contribution is -2.23. The zero-order valence-electron chi connectivity index (χ0n) is 13.3. The first kappa shape index (κ1) is 15.8. The van der Waals surface area contributed by atoms with E-state index in [9.17, 15) is 0 Å². The molecule has 0 amide bonds. The second-order valence-electron chi connectivity index (χ2n) is 6.10. The molecule has 1 fully saturated rings. The highest BCUT2D eigenvalue weighted by atomic mass is 32.1. The highest BCUT2D eigenvalue weighted by Gasteiger charge is 2.18. The molecule has 1 aliphatic carbocycles. The number of hydrogen-bond acceptors (Lipinski definition) is 2. The van der Waals surface area contributed by atoms with Gasteiger partial charge in [0.05, 0.1) is 0 Å². The van der Waals surface area contributed by atoms with Crippen molar-refractivity contribution in [2.75, 3.05) is 13.1 Å². The first-order valence-electron chi connectivity index (χ1n) is 8.19. The fraction of sp³-hybridized carbons (Fsp3) is 0.667. The average Bonchev–Trinajstić information content (AvgIpc) is 2.77. The van der Waals surface area contributed by atoms with Crippen molar-refractivity contribution >= 4 is 17.4 Å². The summed E-state index contributed by atoms with van der Waals surface area (Å²) in [7, 11) is 0. The van der Waals surface area contributed by atoms with E-state index in [4.69, 9.17) is 0 Å². The molecule has 0 aliphatic heterocycles. The average molecular weight is 292 g/mol. The molecule has 0 bridgehead atoms. The Hall–Kier alpha value is -0.600. The second kappa shape index (κ2) is 7.99. The van der Waals surface area contributed by atoms with Crippen LogP contribution in [0.1, 0.15) is 60.8 Å². The molecule has 1 aromatic rings. The van der Waals surface area contributed by atoms with E-state index in [2.05, 4.69) is 38.2 Å². The predicted octanol–water partition coefficient (Wildman–Crippen LogP) is 5.33. The summed E-state index contributed by atoms with van der Waals surface area (Å²) in [6.45, 7) is 8.91. The molecule has 0 aromatic carbocycles. The van der Waals surface area contributed by atoms with Crippen LogP contribution in [0.5, 0.6) is 0 Å². The van der Waals surface area contributed by atoms with Gasteiger partial charge in [-0.1, -0.05) is 37.8 Å². The van der Waals surface area contributed by atoms with Crippen LogP contribution in [0, 0.1) is 19.8 Å². The number of aryl methyl sites for hydroxylation is 2. The SMILES string of the molecule is CCCNC/C(=C/c1cc(C)sc1C)C1CCCCC1. The molecule has 1 nitrogen and oxygen atoms in total. The molecule has 1 aromatic heterocycles. The van der Waals surface area contributed by atoms with Gasteiger partial charge < -0.3 is 5.32 Å². The second-order valence-corrected chi connectivity index (χ2v) is 7.56. The number of nitrogens with one attached hydrogen (secondary N) is 1. The van der Waals surface area contributed by atoms with Gasteiger partial charge in [0, 0.05) is 16.3 Å². The third kappa shape index (κ3) is 4.46. The van der Waals surface area contributed by atoms with Crippen LogP contribution in [0.25, 0.3) is 6.08 Å². The predicted molar refractivity (Wildman–Crippen MR) is 91.5 cm³/mol. The summed E-state index contributed by atoms with van der Waals surface area (Å²) in [5.41, 5.74) is 3.09. The minimum atomic E-state index is 0.813. The molecule has 1 heterocycles. The number of rotatable bonds is 6. The van der Waals surface area contributed by atoms with Crippen LogP contribution in [0.3, 0.4) is 0 Å². The van der Waals surface area contributed by atoms with Crippen molar-refractivity contribution in [3.63, 3.8) is 0 Å². The van der Waals surface area contributed by atoms with Gasteiger partial charge in [-0.15, -0.1) is 11.3 Å². The smallest absolute Gasteiger partial charge is 0.0170 e. The topological polar surface area (TPSA) is 12.0 Å². The maximum atomic E-state index is 3.61. The number of thiophene rings is 1. The first-order valence-corrected chi connectivity index (χ1v) is 9.00. The van der Waals surface area contributed by atoms with Crippen molar-refractivity contribution in [2.24, 2.45) is 5.92 Å². The quantitative estimate of drug-likeness (QED) is 0.699. The van der Waals surface area contributed by atoms with Crippen molar-refractivity contribution in [1.82, 2.24) is 5.32 Å². The Kier molecular flexibility index (Phi) is 6.31. The Labute approximate surface area is 128 Å². The normalized spacial score (nSPS) is 17.6. The molecule has 0 atom stereocenters. The van der Waals surface area contributed by atoms with Gasteiger partial charge in [0.15, 0.2) is 0 Å². The molecule has 20 heavy (non-hydrogen) atoms. The van der Waals surface area contributed by atoms with Crippen molar-refractivity contribution in [1.29, 1.82) is 0 Å². The van der Waals surface area contributed by atoms with Gasteiger partial charge in [-0.3, -0.25) is 0 Å². The van der Waals surface area contributed by atoms with Crippen LogP contribution < -0.4 is 5.32 Å². The van der Waals surface area contributed by atoms with Gasteiger partial charge in [0.1, 0.15) is 0 Å². The summed E-state index contributed by atoms with van der Waals surface area (Å²) in [5.74, 6) is 0.813. The highest BCUT2D eigenvalue weighted by molar-refractivity contribution is 7.12. The summed E-state index contributed by atoms with van der Waals surface area (Å²) in [6, 6.07) is 2.35. The van der Waals surface area contributed by atoms with Crippen LogP contribution in [-0.2, 0) is 0 Å². The molecule has 0 saturated heterocycles. The van der Waals surface area contributed by atoms with Gasteiger partial charge >= 0.3 is 0 Å². The minimum Gasteiger partial charge on any atom is -0.313 e. The molecule has 1 N–H and O–H groups in total. The van der Waals surface area contributed by atoms with Gasteiger partial charge in [0.25, 0.3) is 0 Å². The van der Waals surface area contributed by atoms with Crippen LogP contribution in [0.4, 0.5) is 0 Å². The zero-order valence-corrected chi connectivity index (χ0v) is 14.1. The third-order valence-electron chi connectivity index (χ3n) is 4.31. The van der Waals surface area contributed by atoms with E-state index >= 15 is 0 Å². The molecule has 0 radical (unpaired) electrons. The summed E-state index contributed by atoms with van der Waals surface area (Å²) < 4.78 is 0. The molecule has 112 valence electrons. The van der Waals surface area contributed by atoms with Crippen LogP contribution in [0.2, 0.25) is 0 Å². The van der Waals surface area contributed by atoms with E-state index in [-0.39, 0.29) is 0 Å². The molecular formula is C18H29NS. The van der Waals surface area contributed by atoms with Gasteiger partial charge in [0.2, 0.25) is 0 Å². The van der Waals surface area contributed by atoms with Crippen molar-refractivity contribution in [2.45, 2.75) is 59.3 Å². The van der Waals surface area contributed by atoms with Crippen LogP contribution in [-0.4, -0.2) is 13.1 Å². The lowest BCUT2D eigenvalue weighted by molar-refractivity contribution is 0.396. The Balaban J connectivity index is 2.13. The lowest BCUT2D eigenvalue weighted by atomic mass is 9.83. The molecular weight excluding hydrogens is 262 g/mol. The standard InChI is InChI=1S/C18H29NS/c1-4-10-19-13-18(16-8-6-5-7-9-16)12-17-11-14(2)20-15(17)3/h11-12,16,19H,4-10,13H2,1-3H3/b18-12-. The maximum Gasteiger partial charge on any atom is 0.0170 e. The van der Waals surface area contributed by atoms with E-state index < -0.39 is 0 Å². The fourth-order valence-electron chi connectivity index (χ4n) is 3.19. The van der Waals surface area contributed by atoms with E-state index in [1.807, 2.05) is 11.3 Å². The van der Waals surface area contributed by atoms with Crippen LogP contribution >= 0.6 is 11.3 Å². The Morgan fingerprint density at radius 2 is 2.05 bits per heavy atom. The molecule has 2 rings (SSSR count). The van der Waals surface area contributed by atoms with Gasteiger partial charge in [-0.25, -0.2) is 0 Å². The van der Waals surface area contributed by atoms with E-state index in [0.29, 0.717) is 0 Å². The largest absolute Gasteiger partial charge is 0.313 e. The summed E-state index contributed by atoms with van der Waals surface area (Å²) in [4.78, 5) is 2.89. The summed E-state index contributed by atoms with van der Waals surface area (Å²) in [6.07, 6.45) is 10.7. The first-order chi connectivity index (χ1) is 9.70. The molecule has 1 saturated carbocycles. The summed E-state index contributed by atoms with van der Waals surface area (Å²) in [5, 5.41) is 3.61. The van der Waals surface area contributed by atoms with Gasteiger partial charge in [-0.05, 0) is 57.2 Å². The van der Waals surface area contributed by atoms with Crippen LogP contribution in [0.15, 0.2) is 11.6 Å². The fourth-order valence-corrected chi connectivity index (χ4v) is 4.09. The van der Waals surface area contributed by atoms with Crippen molar-refractivity contribution in [3.8, 4) is 0 Å². The van der Waals surface area contributed by atoms with E-state index in [1.165, 1.54) is 53.8 Å². The molecule has 2 heteroatoms. The Morgan fingerprint density at radius 3 is 2.65 bits per heavy atom. The monoisotopic (exact) mass is 291 g/mol. The Bertz CT molecular complexity index is 438. The molecule has 0 spiro atoms.